The minimum absolute atomic E-state index is 0.0389. The first-order chi connectivity index (χ1) is 15.6. The highest BCUT2D eigenvalue weighted by molar-refractivity contribution is 7.22. The van der Waals surface area contributed by atoms with E-state index in [4.69, 9.17) is 4.42 Å². The van der Waals surface area contributed by atoms with Crippen molar-refractivity contribution in [2.24, 2.45) is 0 Å². The van der Waals surface area contributed by atoms with Gasteiger partial charge in [0.05, 0.1) is 11.8 Å². The van der Waals surface area contributed by atoms with Gasteiger partial charge >= 0.3 is 0 Å². The molecule has 2 aromatic carbocycles. The van der Waals surface area contributed by atoms with Crippen LogP contribution in [-0.2, 0) is 6.42 Å². The normalized spacial score (nSPS) is 11.3. The van der Waals surface area contributed by atoms with Crippen molar-refractivity contribution < 1.29 is 9.21 Å². The summed E-state index contributed by atoms with van der Waals surface area (Å²) in [7, 11) is 0. The number of benzene rings is 2. The van der Waals surface area contributed by atoms with E-state index in [1.807, 2.05) is 36.5 Å². The maximum absolute atomic E-state index is 13.3. The highest BCUT2D eigenvalue weighted by Gasteiger charge is 2.21. The Hall–Kier alpha value is -3.44. The molecule has 0 bridgehead atoms. The number of fused-ring (bicyclic) bond motifs is 3. The summed E-state index contributed by atoms with van der Waals surface area (Å²) in [5.41, 5.74) is 5.41. The van der Waals surface area contributed by atoms with Gasteiger partial charge in [-0.25, -0.2) is 0 Å². The van der Waals surface area contributed by atoms with Crippen LogP contribution >= 0.6 is 11.3 Å². The lowest BCUT2D eigenvalue weighted by Crippen LogP contribution is -2.24. The molecule has 0 aliphatic heterocycles. The molecule has 5 heteroatoms. The molecule has 3 aromatic heterocycles. The Labute approximate surface area is 190 Å². The van der Waals surface area contributed by atoms with Crippen LogP contribution in [0.4, 0.5) is 0 Å². The Balaban J connectivity index is 1.54. The molecule has 1 amide bonds. The van der Waals surface area contributed by atoms with Crippen LogP contribution in [0.15, 0.2) is 71.5 Å². The number of amides is 1. The third kappa shape index (κ3) is 3.80. The zero-order valence-electron chi connectivity index (χ0n) is 18.1. The largest absolute Gasteiger partial charge is 0.469 e. The van der Waals surface area contributed by atoms with E-state index >= 15 is 0 Å². The van der Waals surface area contributed by atoms with E-state index in [2.05, 4.69) is 48.4 Å². The molecule has 1 N–H and O–H groups in total. The molecule has 32 heavy (non-hydrogen) atoms. The quantitative estimate of drug-likeness (QED) is 0.299. The molecule has 0 aliphatic rings. The van der Waals surface area contributed by atoms with E-state index in [1.165, 1.54) is 11.1 Å². The predicted molar refractivity (Wildman–Crippen MR) is 131 cm³/mol. The Morgan fingerprint density at radius 3 is 2.72 bits per heavy atom. The summed E-state index contributed by atoms with van der Waals surface area (Å²) in [6, 6.07) is 18.3. The number of furan rings is 1. The standard InChI is InChI=1S/C27H24N2O2S/c1-17-11-12-19(15-18(17)2)24-22-16-29-23-10-4-3-9-21(23)25(22)32-26(24)27(30)28-13-5-7-20-8-6-14-31-20/h3-4,6,8-12,14-16H,5,7,13H2,1-2H3,(H,28,30). The number of carbonyl (C=O) groups is 1. The lowest BCUT2D eigenvalue weighted by Gasteiger charge is -2.09. The summed E-state index contributed by atoms with van der Waals surface area (Å²) in [5, 5.41) is 5.22. The molecule has 160 valence electrons. The number of carbonyl (C=O) groups excluding carboxylic acids is 1. The van der Waals surface area contributed by atoms with Gasteiger partial charge in [-0.1, -0.05) is 36.4 Å². The van der Waals surface area contributed by atoms with Gasteiger partial charge in [0, 0.05) is 40.2 Å². The number of aryl methyl sites for hydroxylation is 3. The third-order valence-corrected chi connectivity index (χ3v) is 7.13. The van der Waals surface area contributed by atoms with Crippen LogP contribution < -0.4 is 5.32 Å². The number of thiophene rings is 1. The average molecular weight is 441 g/mol. The molecule has 0 atom stereocenters. The van der Waals surface area contributed by atoms with Crippen molar-refractivity contribution in [1.29, 1.82) is 0 Å². The van der Waals surface area contributed by atoms with Crippen molar-refractivity contribution in [2.75, 3.05) is 6.54 Å². The molecule has 4 nitrogen and oxygen atoms in total. The Morgan fingerprint density at radius 2 is 1.91 bits per heavy atom. The summed E-state index contributed by atoms with van der Waals surface area (Å²) in [4.78, 5) is 18.7. The number of para-hydroxylation sites is 1. The molecule has 0 fully saturated rings. The van der Waals surface area contributed by atoms with Crippen molar-refractivity contribution in [2.45, 2.75) is 26.7 Å². The van der Waals surface area contributed by atoms with Gasteiger partial charge in [0.2, 0.25) is 0 Å². The molecule has 0 radical (unpaired) electrons. The fraction of sp³-hybridized carbons (Fsp3) is 0.185. The minimum Gasteiger partial charge on any atom is -0.469 e. The van der Waals surface area contributed by atoms with Gasteiger partial charge in [0.1, 0.15) is 10.6 Å². The molecule has 5 rings (SSSR count). The van der Waals surface area contributed by atoms with Crippen molar-refractivity contribution in [3.8, 4) is 11.1 Å². The molecule has 0 spiro atoms. The minimum atomic E-state index is -0.0389. The number of rotatable bonds is 6. The molecule has 0 saturated carbocycles. The molecule has 0 aliphatic carbocycles. The van der Waals surface area contributed by atoms with Gasteiger partial charge in [-0.15, -0.1) is 11.3 Å². The smallest absolute Gasteiger partial charge is 0.262 e. The number of nitrogens with zero attached hydrogens (tertiary/aromatic N) is 1. The topological polar surface area (TPSA) is 55.1 Å². The van der Waals surface area contributed by atoms with Gasteiger partial charge in [-0.3, -0.25) is 9.78 Å². The van der Waals surface area contributed by atoms with E-state index in [-0.39, 0.29) is 5.91 Å². The van der Waals surface area contributed by atoms with Crippen LogP contribution in [0.1, 0.15) is 33.0 Å². The molecular weight excluding hydrogens is 416 g/mol. The molecule has 5 aromatic rings. The summed E-state index contributed by atoms with van der Waals surface area (Å²) in [6.45, 7) is 4.81. The van der Waals surface area contributed by atoms with Crippen molar-refractivity contribution in [1.82, 2.24) is 10.3 Å². The second-order valence-corrected chi connectivity index (χ2v) is 9.08. The van der Waals surface area contributed by atoms with Crippen LogP contribution in [0.2, 0.25) is 0 Å². The van der Waals surface area contributed by atoms with E-state index in [0.29, 0.717) is 6.54 Å². The lowest BCUT2D eigenvalue weighted by atomic mass is 9.98. The van der Waals surface area contributed by atoms with Crippen molar-refractivity contribution >= 4 is 38.2 Å². The van der Waals surface area contributed by atoms with Gasteiger partial charge < -0.3 is 9.73 Å². The highest BCUT2D eigenvalue weighted by atomic mass is 32.1. The van der Waals surface area contributed by atoms with Crippen LogP contribution in [0.5, 0.6) is 0 Å². The zero-order valence-corrected chi connectivity index (χ0v) is 19.0. The predicted octanol–water partition coefficient (Wildman–Crippen LogP) is 6.69. The summed E-state index contributed by atoms with van der Waals surface area (Å²) in [5.74, 6) is 0.900. The second-order valence-electron chi connectivity index (χ2n) is 8.06. The van der Waals surface area contributed by atoms with Gasteiger partial charge in [-0.2, -0.15) is 0 Å². The van der Waals surface area contributed by atoms with E-state index < -0.39 is 0 Å². The van der Waals surface area contributed by atoms with Crippen LogP contribution in [-0.4, -0.2) is 17.4 Å². The summed E-state index contributed by atoms with van der Waals surface area (Å²) < 4.78 is 6.49. The highest BCUT2D eigenvalue weighted by Crippen LogP contribution is 2.41. The first-order valence-corrected chi connectivity index (χ1v) is 11.6. The SMILES string of the molecule is Cc1ccc(-c2c(C(=O)NCCCc3ccco3)sc3c2cnc2ccccc23)cc1C. The Kier molecular flexibility index (Phi) is 5.50. The zero-order chi connectivity index (χ0) is 22.1. The molecule has 0 unspecified atom stereocenters. The monoisotopic (exact) mass is 440 g/mol. The molecule has 3 heterocycles. The Bertz CT molecular complexity index is 1420. The number of pyridine rings is 1. The molecular formula is C27H24N2O2S. The number of hydrogen-bond donors (Lipinski definition) is 1. The third-order valence-electron chi connectivity index (χ3n) is 5.89. The van der Waals surface area contributed by atoms with Crippen molar-refractivity contribution in [3.63, 3.8) is 0 Å². The number of aromatic nitrogens is 1. The summed E-state index contributed by atoms with van der Waals surface area (Å²) >= 11 is 1.55. The number of hydrogen-bond acceptors (Lipinski definition) is 4. The van der Waals surface area contributed by atoms with Gasteiger partial charge in [0.25, 0.3) is 5.91 Å². The second kappa shape index (κ2) is 8.60. The molecule has 0 saturated heterocycles. The fourth-order valence-electron chi connectivity index (χ4n) is 4.02. The van der Waals surface area contributed by atoms with E-state index in [9.17, 15) is 4.79 Å². The van der Waals surface area contributed by atoms with Crippen LogP contribution in [0, 0.1) is 13.8 Å². The van der Waals surface area contributed by atoms with Gasteiger partial charge in [-0.05, 0) is 55.2 Å². The first-order valence-electron chi connectivity index (χ1n) is 10.8. The lowest BCUT2D eigenvalue weighted by molar-refractivity contribution is 0.0957. The fourth-order valence-corrected chi connectivity index (χ4v) is 5.27. The Morgan fingerprint density at radius 1 is 1.03 bits per heavy atom. The van der Waals surface area contributed by atoms with Crippen LogP contribution in [0.3, 0.4) is 0 Å². The number of nitrogens with one attached hydrogen (secondary N) is 1. The maximum atomic E-state index is 13.3. The average Bonchev–Trinajstić information content (AvgIpc) is 3.46. The van der Waals surface area contributed by atoms with E-state index in [1.54, 1.807) is 17.6 Å². The van der Waals surface area contributed by atoms with E-state index in [0.717, 1.165) is 55.6 Å². The van der Waals surface area contributed by atoms with Crippen LogP contribution in [0.25, 0.3) is 32.1 Å². The first kappa shape index (κ1) is 20.5. The summed E-state index contributed by atoms with van der Waals surface area (Å²) in [6.07, 6.45) is 5.22. The maximum Gasteiger partial charge on any atom is 0.262 e. The van der Waals surface area contributed by atoms with Gasteiger partial charge in [0.15, 0.2) is 0 Å². The van der Waals surface area contributed by atoms with Crippen molar-refractivity contribution in [3.05, 3.63) is 88.8 Å².